The highest BCUT2D eigenvalue weighted by atomic mass is 32.1. The van der Waals surface area contributed by atoms with Gasteiger partial charge in [0, 0.05) is 5.39 Å². The van der Waals surface area contributed by atoms with Crippen molar-refractivity contribution in [3.63, 3.8) is 0 Å². The number of hydrogen-bond donors (Lipinski definition) is 2. The molecule has 0 spiro atoms. The van der Waals surface area contributed by atoms with Crippen LogP contribution < -0.4 is 15.7 Å². The van der Waals surface area contributed by atoms with Gasteiger partial charge in [-0.15, -0.1) is 12.6 Å². The summed E-state index contributed by atoms with van der Waals surface area (Å²) in [5.41, 5.74) is 0.237. The number of benzene rings is 1. The van der Waals surface area contributed by atoms with Gasteiger partial charge in [-0.2, -0.15) is 5.26 Å². The average molecular weight is 356 g/mol. The Kier molecular flexibility index (Phi) is 5.67. The summed E-state index contributed by atoms with van der Waals surface area (Å²) in [7, 11) is 1.51. The number of nitriles is 1. The van der Waals surface area contributed by atoms with E-state index in [1.807, 2.05) is 6.07 Å². The van der Waals surface area contributed by atoms with Gasteiger partial charge in [0.25, 0.3) is 5.91 Å². The molecule has 1 aromatic carbocycles. The summed E-state index contributed by atoms with van der Waals surface area (Å²) in [5.74, 6) is -0.141. The molecule has 0 saturated heterocycles. The van der Waals surface area contributed by atoms with E-state index in [-0.39, 0.29) is 16.2 Å². The second-order valence-corrected chi connectivity index (χ2v) is 5.56. The second-order valence-electron chi connectivity index (χ2n) is 5.11. The van der Waals surface area contributed by atoms with Crippen LogP contribution >= 0.6 is 12.6 Å². The van der Waals surface area contributed by atoms with Gasteiger partial charge in [0.1, 0.15) is 23.0 Å². The van der Waals surface area contributed by atoms with Gasteiger partial charge >= 0.3 is 5.63 Å². The monoisotopic (exact) mass is 356 g/mol. The molecule has 0 unspecified atom stereocenters. The number of nitrogens with zero attached hydrogens (tertiary/aromatic N) is 1. The second kappa shape index (κ2) is 7.73. The first kappa shape index (κ1) is 18.4. The molecule has 1 amide bonds. The highest BCUT2D eigenvalue weighted by molar-refractivity contribution is 7.84. The standard InChI is InChI=1S/C18H16N2O4S/c1-4-10(2)14(9-19)17(25)20-16(21)13-8-11-7-12(23-3)5-6-15(11)24-18(13)22/h4-8,25H,1-3H3,(H,20,21)/b10-4+,17-14-. The lowest BCUT2D eigenvalue weighted by molar-refractivity contribution is 0.0965. The van der Waals surface area contributed by atoms with E-state index in [2.05, 4.69) is 17.9 Å². The summed E-state index contributed by atoms with van der Waals surface area (Å²) in [5, 5.41) is 12.2. The lowest BCUT2D eigenvalue weighted by Crippen LogP contribution is -2.27. The van der Waals surface area contributed by atoms with Crippen LogP contribution in [0, 0.1) is 11.3 Å². The van der Waals surface area contributed by atoms with E-state index < -0.39 is 11.5 Å². The van der Waals surface area contributed by atoms with Gasteiger partial charge < -0.3 is 14.5 Å². The number of methoxy groups -OCH3 is 1. The third-order valence-corrected chi connectivity index (χ3v) is 3.93. The number of amides is 1. The number of rotatable bonds is 4. The predicted molar refractivity (Wildman–Crippen MR) is 97.6 cm³/mol. The summed E-state index contributed by atoms with van der Waals surface area (Å²) >= 11 is 4.16. The number of allylic oxidation sites excluding steroid dienone is 3. The molecule has 7 heteroatoms. The molecule has 128 valence electrons. The van der Waals surface area contributed by atoms with Crippen LogP contribution in [0.15, 0.2) is 55.7 Å². The lowest BCUT2D eigenvalue weighted by atomic mass is 10.1. The van der Waals surface area contributed by atoms with Gasteiger partial charge in [-0.25, -0.2) is 4.79 Å². The Morgan fingerprint density at radius 3 is 2.72 bits per heavy atom. The van der Waals surface area contributed by atoms with Crippen LogP contribution in [-0.4, -0.2) is 13.0 Å². The molecule has 0 aliphatic carbocycles. The van der Waals surface area contributed by atoms with Crippen molar-refractivity contribution < 1.29 is 13.9 Å². The molecule has 2 rings (SSSR count). The van der Waals surface area contributed by atoms with Crippen molar-refractivity contribution in [2.45, 2.75) is 13.8 Å². The zero-order valence-corrected chi connectivity index (χ0v) is 14.8. The lowest BCUT2D eigenvalue weighted by Gasteiger charge is -2.08. The highest BCUT2D eigenvalue weighted by Gasteiger charge is 2.16. The van der Waals surface area contributed by atoms with Crippen LogP contribution in [0.1, 0.15) is 24.2 Å². The van der Waals surface area contributed by atoms with Crippen LogP contribution in [0.2, 0.25) is 0 Å². The molecular weight excluding hydrogens is 340 g/mol. The maximum atomic E-state index is 12.4. The molecule has 0 saturated carbocycles. The summed E-state index contributed by atoms with van der Waals surface area (Å²) in [6.07, 6.45) is 1.72. The number of hydrogen-bond acceptors (Lipinski definition) is 6. The number of ether oxygens (including phenoxy) is 1. The third kappa shape index (κ3) is 3.92. The first-order valence-electron chi connectivity index (χ1n) is 7.31. The van der Waals surface area contributed by atoms with Crippen molar-refractivity contribution in [3.8, 4) is 11.8 Å². The van der Waals surface area contributed by atoms with E-state index in [0.29, 0.717) is 22.3 Å². The average Bonchev–Trinajstić information content (AvgIpc) is 2.60. The summed E-state index contributed by atoms with van der Waals surface area (Å²) in [4.78, 5) is 24.5. The summed E-state index contributed by atoms with van der Waals surface area (Å²) in [6.45, 7) is 3.48. The van der Waals surface area contributed by atoms with Crippen LogP contribution in [0.3, 0.4) is 0 Å². The zero-order valence-electron chi connectivity index (χ0n) is 13.9. The molecular formula is C18H16N2O4S. The Hall–Kier alpha value is -2.98. The normalized spacial score (nSPS) is 12.4. The molecule has 1 N–H and O–H groups in total. The smallest absolute Gasteiger partial charge is 0.349 e. The molecule has 0 bridgehead atoms. The molecule has 0 aliphatic heterocycles. The molecule has 0 radical (unpaired) electrons. The minimum atomic E-state index is -0.780. The SMILES string of the molecule is C/C=C(C)/C(C#N)=C(\S)NC(=O)c1cc2cc(OC)ccc2oc1=O. The van der Waals surface area contributed by atoms with E-state index >= 15 is 0 Å². The first-order chi connectivity index (χ1) is 11.9. The largest absolute Gasteiger partial charge is 0.497 e. The van der Waals surface area contributed by atoms with Gasteiger partial charge in [0.05, 0.1) is 17.7 Å². The van der Waals surface area contributed by atoms with Gasteiger partial charge in [0.15, 0.2) is 0 Å². The van der Waals surface area contributed by atoms with Crippen molar-refractivity contribution in [1.29, 1.82) is 5.26 Å². The van der Waals surface area contributed by atoms with E-state index in [1.165, 1.54) is 13.2 Å². The molecule has 0 atom stereocenters. The molecule has 2 aromatic rings. The summed E-state index contributed by atoms with van der Waals surface area (Å²) < 4.78 is 10.3. The van der Waals surface area contributed by atoms with Gasteiger partial charge in [-0.05, 0) is 43.7 Å². The van der Waals surface area contributed by atoms with E-state index in [0.717, 1.165) is 0 Å². The number of carbonyl (C=O) groups excluding carboxylic acids is 1. The van der Waals surface area contributed by atoms with Crippen molar-refractivity contribution in [3.05, 3.63) is 62.5 Å². The van der Waals surface area contributed by atoms with Crippen molar-refractivity contribution in [1.82, 2.24) is 5.32 Å². The Labute approximate surface area is 149 Å². The Bertz CT molecular complexity index is 996. The fraction of sp³-hybridized carbons (Fsp3) is 0.167. The number of carbonyl (C=O) groups is 1. The van der Waals surface area contributed by atoms with Gasteiger partial charge in [0.2, 0.25) is 0 Å². The maximum Gasteiger partial charge on any atom is 0.349 e. The Balaban J connectivity index is 2.46. The molecule has 6 nitrogen and oxygen atoms in total. The van der Waals surface area contributed by atoms with Crippen molar-refractivity contribution >= 4 is 29.5 Å². The third-order valence-electron chi connectivity index (χ3n) is 3.59. The van der Waals surface area contributed by atoms with E-state index in [1.54, 1.807) is 38.1 Å². The van der Waals surface area contributed by atoms with Crippen LogP contribution in [0.4, 0.5) is 0 Å². The Morgan fingerprint density at radius 2 is 2.12 bits per heavy atom. The van der Waals surface area contributed by atoms with Gasteiger partial charge in [-0.3, -0.25) is 4.79 Å². The summed E-state index contributed by atoms with van der Waals surface area (Å²) in [6, 6.07) is 8.27. The predicted octanol–water partition coefficient (Wildman–Crippen LogP) is 3.16. The van der Waals surface area contributed by atoms with Gasteiger partial charge in [-0.1, -0.05) is 6.08 Å². The van der Waals surface area contributed by atoms with Crippen LogP contribution in [-0.2, 0) is 0 Å². The minimum absolute atomic E-state index is 0.0632. The van der Waals surface area contributed by atoms with Crippen LogP contribution in [0.25, 0.3) is 11.0 Å². The molecule has 0 aliphatic rings. The van der Waals surface area contributed by atoms with Crippen molar-refractivity contribution in [2.75, 3.05) is 7.11 Å². The Morgan fingerprint density at radius 1 is 1.40 bits per heavy atom. The fourth-order valence-corrected chi connectivity index (χ4v) is 2.42. The van der Waals surface area contributed by atoms with Crippen molar-refractivity contribution in [2.24, 2.45) is 0 Å². The topological polar surface area (TPSA) is 92.3 Å². The molecule has 1 heterocycles. The zero-order chi connectivity index (χ0) is 18.6. The molecule has 1 aromatic heterocycles. The van der Waals surface area contributed by atoms with E-state index in [4.69, 9.17) is 9.15 Å². The van der Waals surface area contributed by atoms with Crippen LogP contribution in [0.5, 0.6) is 5.75 Å². The first-order valence-corrected chi connectivity index (χ1v) is 7.75. The molecule has 25 heavy (non-hydrogen) atoms. The quantitative estimate of drug-likeness (QED) is 0.380. The van der Waals surface area contributed by atoms with E-state index in [9.17, 15) is 14.9 Å². The number of fused-ring (bicyclic) bond motifs is 1. The highest BCUT2D eigenvalue weighted by Crippen LogP contribution is 2.21. The fourth-order valence-electron chi connectivity index (χ4n) is 2.10. The minimum Gasteiger partial charge on any atom is -0.497 e. The number of thiol groups is 1. The number of nitrogens with one attached hydrogen (secondary N) is 1. The maximum absolute atomic E-state index is 12.4. The molecule has 0 fully saturated rings.